The van der Waals surface area contributed by atoms with Crippen LogP contribution in [0.25, 0.3) is 0 Å². The second-order valence-electron chi connectivity index (χ2n) is 4.76. The standard InChI is InChI=1S/C12H17NO.C3H8.C2H6/c1-3-8-13-9(2)10-6-4-5-7-11(10)12(13)14;1-3-2;1-2/h4,6,9H,3,5,7-8H2,1-2H3;3H2,1-2H3;1-2H3. The van der Waals surface area contributed by atoms with Crippen molar-refractivity contribution in [2.45, 2.75) is 73.3 Å². The molecule has 2 rings (SSSR count). The Kier molecular flexibility index (Phi) is 9.28. The van der Waals surface area contributed by atoms with Gasteiger partial charge in [0.2, 0.25) is 0 Å². The van der Waals surface area contributed by atoms with Crippen molar-refractivity contribution in [3.63, 3.8) is 0 Å². The van der Waals surface area contributed by atoms with Gasteiger partial charge in [-0.1, -0.05) is 53.2 Å². The monoisotopic (exact) mass is 265 g/mol. The van der Waals surface area contributed by atoms with Crippen LogP contribution in [0.3, 0.4) is 0 Å². The average Bonchev–Trinajstić information content (AvgIpc) is 2.68. The number of nitrogens with zero attached hydrogens (tertiary/aromatic N) is 1. The Morgan fingerprint density at radius 1 is 1.26 bits per heavy atom. The summed E-state index contributed by atoms with van der Waals surface area (Å²) in [5.74, 6) is 0.277. The molecule has 2 aliphatic rings. The van der Waals surface area contributed by atoms with E-state index in [1.807, 2.05) is 18.7 Å². The average molecular weight is 265 g/mol. The van der Waals surface area contributed by atoms with E-state index in [4.69, 9.17) is 0 Å². The zero-order valence-corrected chi connectivity index (χ0v) is 13.6. The molecule has 1 aliphatic carbocycles. The molecule has 0 aromatic heterocycles. The summed E-state index contributed by atoms with van der Waals surface area (Å²) in [7, 11) is 0. The predicted molar refractivity (Wildman–Crippen MR) is 84.2 cm³/mol. The molecule has 0 spiro atoms. The van der Waals surface area contributed by atoms with Gasteiger partial charge in [0, 0.05) is 12.1 Å². The molecule has 2 nitrogen and oxygen atoms in total. The van der Waals surface area contributed by atoms with Crippen LogP contribution in [0, 0.1) is 0 Å². The molecule has 0 bridgehead atoms. The molecule has 0 fully saturated rings. The molecule has 1 atom stereocenters. The van der Waals surface area contributed by atoms with E-state index in [1.54, 1.807) is 0 Å². The lowest BCUT2D eigenvalue weighted by Crippen LogP contribution is -2.34. The third kappa shape index (κ3) is 4.52. The molecule has 2 heteroatoms. The Hall–Kier alpha value is -1.05. The summed E-state index contributed by atoms with van der Waals surface area (Å²) in [5, 5.41) is 0. The summed E-state index contributed by atoms with van der Waals surface area (Å²) < 4.78 is 0. The van der Waals surface area contributed by atoms with Crippen LogP contribution in [-0.2, 0) is 4.79 Å². The first-order valence-corrected chi connectivity index (χ1v) is 7.87. The molecule has 19 heavy (non-hydrogen) atoms. The van der Waals surface area contributed by atoms with Crippen LogP contribution in [0.15, 0.2) is 23.3 Å². The smallest absolute Gasteiger partial charge is 0.250 e. The van der Waals surface area contributed by atoms with Crippen molar-refractivity contribution in [2.24, 2.45) is 0 Å². The van der Waals surface area contributed by atoms with Crippen LogP contribution in [0.2, 0.25) is 0 Å². The molecule has 1 heterocycles. The number of amides is 1. The van der Waals surface area contributed by atoms with E-state index in [0.29, 0.717) is 6.04 Å². The first-order chi connectivity index (χ1) is 9.17. The minimum absolute atomic E-state index is 0.277. The van der Waals surface area contributed by atoms with Gasteiger partial charge >= 0.3 is 0 Å². The number of hydrogen-bond acceptors (Lipinski definition) is 1. The summed E-state index contributed by atoms with van der Waals surface area (Å²) in [5.41, 5.74) is 2.32. The molecule has 1 unspecified atom stereocenters. The van der Waals surface area contributed by atoms with Gasteiger partial charge < -0.3 is 4.90 Å². The highest BCUT2D eigenvalue weighted by atomic mass is 16.2. The molecule has 1 amide bonds. The van der Waals surface area contributed by atoms with Gasteiger partial charge in [0.25, 0.3) is 5.91 Å². The second kappa shape index (κ2) is 9.82. The molecule has 0 aromatic rings. The Bertz CT molecular complexity index is 328. The Morgan fingerprint density at radius 2 is 1.84 bits per heavy atom. The lowest BCUT2D eigenvalue weighted by molar-refractivity contribution is -0.126. The van der Waals surface area contributed by atoms with E-state index >= 15 is 0 Å². The molecular formula is C17H31NO. The number of allylic oxidation sites excluding steroid dienone is 1. The maximum atomic E-state index is 12.0. The fourth-order valence-electron chi connectivity index (χ4n) is 2.36. The fraction of sp³-hybridized carbons (Fsp3) is 0.706. The molecule has 0 radical (unpaired) electrons. The Labute approximate surface area is 119 Å². The van der Waals surface area contributed by atoms with Gasteiger partial charge in [-0.15, -0.1) is 0 Å². The van der Waals surface area contributed by atoms with Gasteiger partial charge in [-0.25, -0.2) is 0 Å². The van der Waals surface area contributed by atoms with Crippen LogP contribution < -0.4 is 0 Å². The van der Waals surface area contributed by atoms with Crippen LogP contribution in [0.5, 0.6) is 0 Å². The first-order valence-electron chi connectivity index (χ1n) is 7.87. The zero-order valence-electron chi connectivity index (χ0n) is 13.6. The summed E-state index contributed by atoms with van der Waals surface area (Å²) >= 11 is 0. The largest absolute Gasteiger partial charge is 0.332 e. The minimum Gasteiger partial charge on any atom is -0.332 e. The number of carbonyl (C=O) groups excluding carboxylic acids is 1. The minimum atomic E-state index is 0.277. The van der Waals surface area contributed by atoms with E-state index in [9.17, 15) is 4.79 Å². The maximum absolute atomic E-state index is 12.0. The number of carbonyl (C=O) groups is 1. The van der Waals surface area contributed by atoms with Crippen LogP contribution >= 0.6 is 0 Å². The van der Waals surface area contributed by atoms with Crippen molar-refractivity contribution in [1.82, 2.24) is 4.90 Å². The highest BCUT2D eigenvalue weighted by Gasteiger charge is 2.34. The number of rotatable bonds is 2. The van der Waals surface area contributed by atoms with Crippen molar-refractivity contribution in [2.75, 3.05) is 6.54 Å². The molecule has 1 aliphatic heterocycles. The van der Waals surface area contributed by atoms with Gasteiger partial charge in [-0.2, -0.15) is 0 Å². The molecule has 0 aromatic carbocycles. The lowest BCUT2D eigenvalue weighted by atomic mass is 9.97. The SMILES string of the molecule is CC.CCC.CCCN1C(=O)C2=C(C=CCC2)C1C. The van der Waals surface area contributed by atoms with Crippen molar-refractivity contribution >= 4 is 5.91 Å². The quantitative estimate of drug-likeness (QED) is 0.707. The van der Waals surface area contributed by atoms with Crippen LogP contribution in [0.4, 0.5) is 0 Å². The summed E-state index contributed by atoms with van der Waals surface area (Å²) in [6.07, 6.45) is 8.57. The Balaban J connectivity index is 0.000000573. The van der Waals surface area contributed by atoms with Gasteiger partial charge in [0.15, 0.2) is 0 Å². The van der Waals surface area contributed by atoms with E-state index in [0.717, 1.165) is 31.4 Å². The third-order valence-corrected chi connectivity index (χ3v) is 3.11. The topological polar surface area (TPSA) is 20.3 Å². The summed E-state index contributed by atoms with van der Waals surface area (Å²) in [6.45, 7) is 13.4. The molecule has 0 saturated heterocycles. The molecular weight excluding hydrogens is 234 g/mol. The van der Waals surface area contributed by atoms with Gasteiger partial charge in [-0.05, 0) is 31.8 Å². The van der Waals surface area contributed by atoms with Crippen molar-refractivity contribution in [3.8, 4) is 0 Å². The van der Waals surface area contributed by atoms with Crippen molar-refractivity contribution in [1.29, 1.82) is 0 Å². The normalized spacial score (nSPS) is 20.4. The highest BCUT2D eigenvalue weighted by Crippen LogP contribution is 2.32. The third-order valence-electron chi connectivity index (χ3n) is 3.11. The highest BCUT2D eigenvalue weighted by molar-refractivity contribution is 5.98. The van der Waals surface area contributed by atoms with Crippen LogP contribution in [0.1, 0.15) is 67.2 Å². The van der Waals surface area contributed by atoms with E-state index in [2.05, 4.69) is 39.8 Å². The zero-order chi connectivity index (χ0) is 14.8. The summed E-state index contributed by atoms with van der Waals surface area (Å²) in [6, 6.07) is 0.300. The predicted octanol–water partition coefficient (Wildman–Crippen LogP) is 4.72. The van der Waals surface area contributed by atoms with Crippen molar-refractivity contribution < 1.29 is 4.79 Å². The van der Waals surface area contributed by atoms with Gasteiger partial charge in [0.05, 0.1) is 6.04 Å². The van der Waals surface area contributed by atoms with E-state index < -0.39 is 0 Å². The molecule has 110 valence electrons. The fourth-order valence-corrected chi connectivity index (χ4v) is 2.36. The molecule has 0 saturated carbocycles. The van der Waals surface area contributed by atoms with E-state index in [-0.39, 0.29) is 5.91 Å². The van der Waals surface area contributed by atoms with Gasteiger partial charge in [-0.3, -0.25) is 4.79 Å². The maximum Gasteiger partial charge on any atom is 0.250 e. The second-order valence-corrected chi connectivity index (χ2v) is 4.76. The van der Waals surface area contributed by atoms with Crippen molar-refractivity contribution in [3.05, 3.63) is 23.3 Å². The summed E-state index contributed by atoms with van der Waals surface area (Å²) in [4.78, 5) is 14.0. The Morgan fingerprint density at radius 3 is 2.32 bits per heavy atom. The van der Waals surface area contributed by atoms with Crippen LogP contribution in [-0.4, -0.2) is 23.4 Å². The lowest BCUT2D eigenvalue weighted by Gasteiger charge is -2.22. The van der Waals surface area contributed by atoms with E-state index in [1.165, 1.54) is 12.0 Å². The molecule has 0 N–H and O–H groups in total. The first kappa shape index (κ1) is 17.9. The van der Waals surface area contributed by atoms with Gasteiger partial charge in [0.1, 0.15) is 0 Å². The number of hydrogen-bond donors (Lipinski definition) is 0.